The van der Waals surface area contributed by atoms with Crippen LogP contribution in [-0.4, -0.2) is 18.5 Å². The third-order valence-electron chi connectivity index (χ3n) is 4.36. The van der Waals surface area contributed by atoms with E-state index in [0.717, 1.165) is 11.1 Å². The van der Waals surface area contributed by atoms with Gasteiger partial charge in [-0.1, -0.05) is 48.5 Å². The number of carbonyl (C=O) groups is 1. The molecule has 3 aromatic carbocycles. The standard InChI is InChI=1S/C24H17F2NO4/c25-24(26)30-20-8-4-7-18(14-20)22-27-21(23(28)31-22)13-16-9-11-19(12-10-16)29-15-17-5-2-1-3-6-17/h1-14,24H,15H2. The monoisotopic (exact) mass is 421 g/mol. The number of halogens is 2. The van der Waals surface area contributed by atoms with Crippen molar-refractivity contribution < 1.29 is 27.8 Å². The van der Waals surface area contributed by atoms with E-state index >= 15 is 0 Å². The quantitative estimate of drug-likeness (QED) is 0.388. The fraction of sp³-hybridized carbons (Fsp3) is 0.0833. The van der Waals surface area contributed by atoms with Crippen molar-refractivity contribution in [2.24, 2.45) is 4.99 Å². The van der Waals surface area contributed by atoms with Crippen molar-refractivity contribution in [3.8, 4) is 11.5 Å². The van der Waals surface area contributed by atoms with Crippen LogP contribution in [0, 0.1) is 0 Å². The topological polar surface area (TPSA) is 57.1 Å². The van der Waals surface area contributed by atoms with Crippen molar-refractivity contribution in [2.45, 2.75) is 13.2 Å². The van der Waals surface area contributed by atoms with Crippen LogP contribution in [0.2, 0.25) is 0 Å². The second-order valence-corrected chi connectivity index (χ2v) is 6.59. The van der Waals surface area contributed by atoms with Crippen LogP contribution < -0.4 is 9.47 Å². The van der Waals surface area contributed by atoms with Crippen LogP contribution in [0.4, 0.5) is 8.78 Å². The molecular weight excluding hydrogens is 404 g/mol. The highest BCUT2D eigenvalue weighted by Gasteiger charge is 2.24. The first-order valence-corrected chi connectivity index (χ1v) is 9.41. The van der Waals surface area contributed by atoms with Crippen LogP contribution in [0.3, 0.4) is 0 Å². The first-order chi connectivity index (χ1) is 15.1. The first-order valence-electron chi connectivity index (χ1n) is 9.41. The molecule has 0 unspecified atom stereocenters. The number of benzene rings is 3. The molecule has 0 aliphatic carbocycles. The number of aliphatic imine (C=N–C) groups is 1. The van der Waals surface area contributed by atoms with Crippen LogP contribution in [0.25, 0.3) is 6.08 Å². The highest BCUT2D eigenvalue weighted by atomic mass is 19.3. The molecule has 0 saturated heterocycles. The summed E-state index contributed by atoms with van der Waals surface area (Å²) >= 11 is 0. The lowest BCUT2D eigenvalue weighted by Gasteiger charge is -2.06. The fourth-order valence-corrected chi connectivity index (χ4v) is 2.90. The molecule has 0 spiro atoms. The Hall–Kier alpha value is -4.00. The molecule has 0 fully saturated rings. The predicted octanol–water partition coefficient (Wildman–Crippen LogP) is 5.21. The summed E-state index contributed by atoms with van der Waals surface area (Å²) in [6, 6.07) is 22.8. The average molecular weight is 421 g/mol. The number of hydrogen-bond acceptors (Lipinski definition) is 5. The molecular formula is C24H17F2NO4. The maximum atomic E-state index is 12.4. The van der Waals surface area contributed by atoms with Crippen molar-refractivity contribution in [3.05, 3.63) is 101 Å². The molecule has 7 heteroatoms. The van der Waals surface area contributed by atoms with E-state index in [1.807, 2.05) is 30.3 Å². The van der Waals surface area contributed by atoms with Gasteiger partial charge in [-0.05, 0) is 47.5 Å². The van der Waals surface area contributed by atoms with Gasteiger partial charge >= 0.3 is 12.6 Å². The summed E-state index contributed by atoms with van der Waals surface area (Å²) in [7, 11) is 0. The number of nitrogens with zero attached hydrogens (tertiary/aromatic N) is 1. The number of cyclic esters (lactones) is 1. The molecule has 0 bridgehead atoms. The van der Waals surface area contributed by atoms with E-state index in [4.69, 9.17) is 9.47 Å². The SMILES string of the molecule is O=C1OC(c2cccc(OC(F)F)c2)=NC1=Cc1ccc(OCc2ccccc2)cc1. The Kier molecular flexibility index (Phi) is 6.03. The number of alkyl halides is 2. The Morgan fingerprint density at radius 2 is 1.71 bits per heavy atom. The molecule has 0 amide bonds. The van der Waals surface area contributed by atoms with E-state index in [0.29, 0.717) is 17.9 Å². The van der Waals surface area contributed by atoms with Gasteiger partial charge in [0.25, 0.3) is 0 Å². The third-order valence-corrected chi connectivity index (χ3v) is 4.36. The molecule has 3 aromatic rings. The van der Waals surface area contributed by atoms with Gasteiger partial charge in [-0.2, -0.15) is 8.78 Å². The van der Waals surface area contributed by atoms with Crippen molar-refractivity contribution in [2.75, 3.05) is 0 Å². The molecule has 1 heterocycles. The first kappa shape index (κ1) is 20.3. The maximum Gasteiger partial charge on any atom is 0.387 e. The minimum absolute atomic E-state index is 0.0266. The van der Waals surface area contributed by atoms with Gasteiger partial charge in [0, 0.05) is 5.56 Å². The second-order valence-electron chi connectivity index (χ2n) is 6.59. The zero-order valence-electron chi connectivity index (χ0n) is 16.2. The second kappa shape index (κ2) is 9.21. The highest BCUT2D eigenvalue weighted by Crippen LogP contribution is 2.23. The van der Waals surface area contributed by atoms with Crippen molar-refractivity contribution in [3.63, 3.8) is 0 Å². The summed E-state index contributed by atoms with van der Waals surface area (Å²) in [4.78, 5) is 16.4. The van der Waals surface area contributed by atoms with Gasteiger partial charge in [0.15, 0.2) is 5.70 Å². The predicted molar refractivity (Wildman–Crippen MR) is 111 cm³/mol. The van der Waals surface area contributed by atoms with Gasteiger partial charge in [-0.3, -0.25) is 0 Å². The zero-order chi connectivity index (χ0) is 21.6. The van der Waals surface area contributed by atoms with Gasteiger partial charge in [0.2, 0.25) is 5.90 Å². The van der Waals surface area contributed by atoms with Gasteiger partial charge in [-0.15, -0.1) is 0 Å². The Balaban J connectivity index is 1.46. The Bertz CT molecular complexity index is 1130. The van der Waals surface area contributed by atoms with Crippen LogP contribution in [-0.2, 0) is 16.1 Å². The Morgan fingerprint density at radius 1 is 0.935 bits per heavy atom. The summed E-state index contributed by atoms with van der Waals surface area (Å²) < 4.78 is 40.1. The molecule has 1 aliphatic heterocycles. The molecule has 0 saturated carbocycles. The number of hydrogen-bond donors (Lipinski definition) is 0. The minimum atomic E-state index is -2.95. The minimum Gasteiger partial charge on any atom is -0.489 e. The summed E-state index contributed by atoms with van der Waals surface area (Å²) in [6.07, 6.45) is 1.58. The van der Waals surface area contributed by atoms with Crippen LogP contribution in [0.5, 0.6) is 11.5 Å². The van der Waals surface area contributed by atoms with Gasteiger partial charge in [-0.25, -0.2) is 9.79 Å². The molecule has 31 heavy (non-hydrogen) atoms. The summed E-state index contributed by atoms with van der Waals surface area (Å²) in [5.74, 6) is 0.0492. The Morgan fingerprint density at radius 3 is 2.45 bits per heavy atom. The Labute approximate surface area is 177 Å². The number of esters is 1. The van der Waals surface area contributed by atoms with E-state index in [1.54, 1.807) is 36.4 Å². The third kappa shape index (κ3) is 5.33. The van der Waals surface area contributed by atoms with E-state index < -0.39 is 12.6 Å². The van der Waals surface area contributed by atoms with Crippen LogP contribution >= 0.6 is 0 Å². The molecule has 5 nitrogen and oxygen atoms in total. The van der Waals surface area contributed by atoms with E-state index in [-0.39, 0.29) is 17.3 Å². The molecule has 156 valence electrons. The van der Waals surface area contributed by atoms with E-state index in [2.05, 4.69) is 9.73 Å². The average Bonchev–Trinajstić information content (AvgIpc) is 3.14. The zero-order valence-corrected chi connectivity index (χ0v) is 16.2. The maximum absolute atomic E-state index is 12.4. The molecule has 0 atom stereocenters. The number of ether oxygens (including phenoxy) is 3. The summed E-state index contributed by atoms with van der Waals surface area (Å²) in [5.41, 5.74) is 2.26. The normalized spacial score (nSPS) is 14.5. The number of carbonyl (C=O) groups excluding carboxylic acids is 1. The van der Waals surface area contributed by atoms with Gasteiger partial charge < -0.3 is 14.2 Å². The smallest absolute Gasteiger partial charge is 0.387 e. The lowest BCUT2D eigenvalue weighted by molar-refractivity contribution is -0.129. The molecule has 4 rings (SSSR count). The molecule has 0 N–H and O–H groups in total. The molecule has 1 aliphatic rings. The van der Waals surface area contributed by atoms with Gasteiger partial charge in [0.05, 0.1) is 0 Å². The van der Waals surface area contributed by atoms with Crippen molar-refractivity contribution >= 4 is 17.9 Å². The lowest BCUT2D eigenvalue weighted by atomic mass is 10.2. The van der Waals surface area contributed by atoms with Crippen molar-refractivity contribution in [1.82, 2.24) is 0 Å². The summed E-state index contributed by atoms with van der Waals surface area (Å²) in [6.45, 7) is -2.49. The van der Waals surface area contributed by atoms with Gasteiger partial charge in [0.1, 0.15) is 18.1 Å². The molecule has 0 aromatic heterocycles. The largest absolute Gasteiger partial charge is 0.489 e. The number of rotatable bonds is 7. The summed E-state index contributed by atoms with van der Waals surface area (Å²) in [5, 5.41) is 0. The van der Waals surface area contributed by atoms with Crippen LogP contribution in [0.15, 0.2) is 89.6 Å². The fourth-order valence-electron chi connectivity index (χ4n) is 2.90. The van der Waals surface area contributed by atoms with Crippen molar-refractivity contribution in [1.29, 1.82) is 0 Å². The lowest BCUT2D eigenvalue weighted by Crippen LogP contribution is -2.07. The highest BCUT2D eigenvalue weighted by molar-refractivity contribution is 6.12. The van der Waals surface area contributed by atoms with E-state index in [9.17, 15) is 13.6 Å². The van der Waals surface area contributed by atoms with E-state index in [1.165, 1.54) is 18.2 Å². The van der Waals surface area contributed by atoms with Crippen LogP contribution in [0.1, 0.15) is 16.7 Å². The molecule has 0 radical (unpaired) electrons.